The van der Waals surface area contributed by atoms with Crippen molar-refractivity contribution in [2.24, 2.45) is 0 Å². The summed E-state index contributed by atoms with van der Waals surface area (Å²) in [5.74, 6) is -1.89. The summed E-state index contributed by atoms with van der Waals surface area (Å²) < 4.78 is 56.7. The number of hydrogen-bond donors (Lipinski definition) is 0. The molecule has 2 aromatic rings. The lowest BCUT2D eigenvalue weighted by molar-refractivity contribution is -0.137. The van der Waals surface area contributed by atoms with E-state index in [-0.39, 0.29) is 41.4 Å². The van der Waals surface area contributed by atoms with Crippen molar-refractivity contribution in [2.75, 3.05) is 0 Å². The molecule has 3 rings (SSSR count). The molecule has 0 aliphatic heterocycles. The van der Waals surface area contributed by atoms with Gasteiger partial charge in [-0.25, -0.2) is 4.39 Å². The number of carbonyl (C=O) groups is 2. The Labute approximate surface area is 146 Å². The molecule has 1 atom stereocenters. The van der Waals surface area contributed by atoms with Gasteiger partial charge in [0.2, 0.25) is 0 Å². The molecule has 0 N–H and O–H groups in total. The zero-order chi connectivity index (χ0) is 19.1. The van der Waals surface area contributed by atoms with E-state index >= 15 is 0 Å². The zero-order valence-electron chi connectivity index (χ0n) is 13.7. The number of carbonyl (C=O) groups excluding carboxylic acids is 2. The van der Waals surface area contributed by atoms with Gasteiger partial charge in [0, 0.05) is 12.0 Å². The van der Waals surface area contributed by atoms with Crippen LogP contribution in [0.5, 0.6) is 5.75 Å². The van der Waals surface area contributed by atoms with Crippen LogP contribution in [0, 0.1) is 5.82 Å². The molecule has 136 valence electrons. The predicted molar refractivity (Wildman–Crippen MR) is 84.5 cm³/mol. The Hall–Kier alpha value is -2.70. The van der Waals surface area contributed by atoms with Crippen LogP contribution in [0.3, 0.4) is 0 Å². The van der Waals surface area contributed by atoms with Gasteiger partial charge in [-0.3, -0.25) is 9.59 Å². The van der Waals surface area contributed by atoms with Gasteiger partial charge < -0.3 is 4.74 Å². The van der Waals surface area contributed by atoms with Crippen LogP contribution < -0.4 is 4.74 Å². The average molecular weight is 366 g/mol. The lowest BCUT2D eigenvalue weighted by atomic mass is 10.0. The Morgan fingerprint density at radius 2 is 1.81 bits per heavy atom. The first kappa shape index (κ1) is 18.1. The minimum absolute atomic E-state index is 0.0207. The van der Waals surface area contributed by atoms with E-state index in [0.717, 1.165) is 18.2 Å². The van der Waals surface area contributed by atoms with Crippen molar-refractivity contribution in [3.63, 3.8) is 0 Å². The SMILES string of the molecule is CC1CC(=O)c2c(OC(=O)Cc3ccc(C(F)(F)F)cc3)ccc(F)c21. The summed E-state index contributed by atoms with van der Waals surface area (Å²) in [4.78, 5) is 24.1. The van der Waals surface area contributed by atoms with Gasteiger partial charge in [0.1, 0.15) is 11.6 Å². The summed E-state index contributed by atoms with van der Waals surface area (Å²) in [5.41, 5.74) is -0.180. The molecule has 1 unspecified atom stereocenters. The number of alkyl halides is 3. The van der Waals surface area contributed by atoms with Gasteiger partial charge in [0.25, 0.3) is 0 Å². The normalized spacial score (nSPS) is 16.5. The molecule has 2 aromatic carbocycles. The Morgan fingerprint density at radius 3 is 2.42 bits per heavy atom. The molecule has 1 aliphatic rings. The highest BCUT2D eigenvalue weighted by atomic mass is 19.4. The molecule has 0 radical (unpaired) electrons. The Bertz CT molecular complexity index is 870. The second kappa shape index (κ2) is 6.55. The second-order valence-electron chi connectivity index (χ2n) is 6.21. The van der Waals surface area contributed by atoms with Crippen LogP contribution in [0.1, 0.15) is 46.3 Å². The molecule has 0 saturated carbocycles. The molecule has 0 spiro atoms. The van der Waals surface area contributed by atoms with E-state index < -0.39 is 23.5 Å². The maximum absolute atomic E-state index is 13.9. The topological polar surface area (TPSA) is 43.4 Å². The third-order valence-electron chi connectivity index (χ3n) is 4.27. The minimum atomic E-state index is -4.45. The highest BCUT2D eigenvalue weighted by Crippen LogP contribution is 2.39. The lowest BCUT2D eigenvalue weighted by Gasteiger charge is -2.11. The van der Waals surface area contributed by atoms with Gasteiger partial charge in [-0.05, 0) is 35.7 Å². The molecule has 0 amide bonds. The second-order valence-corrected chi connectivity index (χ2v) is 6.21. The van der Waals surface area contributed by atoms with E-state index in [1.165, 1.54) is 18.2 Å². The lowest BCUT2D eigenvalue weighted by Crippen LogP contribution is -2.14. The molecule has 0 heterocycles. The Balaban J connectivity index is 1.77. The van der Waals surface area contributed by atoms with Crippen LogP contribution >= 0.6 is 0 Å². The highest BCUT2D eigenvalue weighted by molar-refractivity contribution is 6.04. The third-order valence-corrected chi connectivity index (χ3v) is 4.27. The third kappa shape index (κ3) is 3.47. The van der Waals surface area contributed by atoms with E-state index in [2.05, 4.69) is 0 Å². The molecular formula is C19H14F4O3. The minimum Gasteiger partial charge on any atom is -0.425 e. The number of halogens is 4. The first-order chi connectivity index (χ1) is 12.2. The fourth-order valence-corrected chi connectivity index (χ4v) is 3.05. The fourth-order valence-electron chi connectivity index (χ4n) is 3.05. The summed E-state index contributed by atoms with van der Waals surface area (Å²) in [5, 5.41) is 0. The van der Waals surface area contributed by atoms with Crippen molar-refractivity contribution in [3.8, 4) is 5.75 Å². The van der Waals surface area contributed by atoms with Crippen LogP contribution in [-0.2, 0) is 17.4 Å². The molecule has 26 heavy (non-hydrogen) atoms. The Morgan fingerprint density at radius 1 is 1.15 bits per heavy atom. The summed E-state index contributed by atoms with van der Waals surface area (Å²) in [6, 6.07) is 6.48. The van der Waals surface area contributed by atoms with E-state index in [1.807, 2.05) is 0 Å². The van der Waals surface area contributed by atoms with Crippen molar-refractivity contribution < 1.29 is 31.9 Å². The standard InChI is InChI=1S/C19H14F4O3/c1-10-8-14(24)18-15(7-6-13(20)17(10)18)26-16(25)9-11-2-4-12(5-3-11)19(21,22)23/h2-7,10H,8-9H2,1H3. The van der Waals surface area contributed by atoms with Gasteiger partial charge in [-0.2, -0.15) is 13.2 Å². The number of rotatable bonds is 3. The van der Waals surface area contributed by atoms with Gasteiger partial charge in [-0.15, -0.1) is 0 Å². The van der Waals surface area contributed by atoms with Crippen molar-refractivity contribution in [1.82, 2.24) is 0 Å². The average Bonchev–Trinajstić information content (AvgIpc) is 2.85. The van der Waals surface area contributed by atoms with E-state index in [9.17, 15) is 27.2 Å². The van der Waals surface area contributed by atoms with Crippen LogP contribution in [0.25, 0.3) is 0 Å². The van der Waals surface area contributed by atoms with Crippen molar-refractivity contribution in [3.05, 3.63) is 64.5 Å². The first-order valence-electron chi connectivity index (χ1n) is 7.89. The van der Waals surface area contributed by atoms with Crippen molar-refractivity contribution >= 4 is 11.8 Å². The molecule has 3 nitrogen and oxygen atoms in total. The van der Waals surface area contributed by atoms with Gasteiger partial charge in [-0.1, -0.05) is 19.1 Å². The zero-order valence-corrected chi connectivity index (χ0v) is 13.7. The smallest absolute Gasteiger partial charge is 0.416 e. The highest BCUT2D eigenvalue weighted by Gasteiger charge is 2.33. The fraction of sp³-hybridized carbons (Fsp3) is 0.263. The van der Waals surface area contributed by atoms with Crippen LogP contribution in [-0.4, -0.2) is 11.8 Å². The van der Waals surface area contributed by atoms with E-state index in [1.54, 1.807) is 6.92 Å². The molecule has 1 aliphatic carbocycles. The van der Waals surface area contributed by atoms with Gasteiger partial charge in [0.15, 0.2) is 5.78 Å². The summed E-state index contributed by atoms with van der Waals surface area (Å²) in [6.45, 7) is 1.71. The number of ether oxygens (including phenoxy) is 1. The van der Waals surface area contributed by atoms with Crippen molar-refractivity contribution in [2.45, 2.75) is 31.9 Å². The molecular weight excluding hydrogens is 352 g/mol. The predicted octanol–water partition coefficient (Wildman–Crippen LogP) is 4.68. The van der Waals surface area contributed by atoms with Gasteiger partial charge >= 0.3 is 12.1 Å². The summed E-state index contributed by atoms with van der Waals surface area (Å²) in [7, 11) is 0. The number of fused-ring (bicyclic) bond motifs is 1. The van der Waals surface area contributed by atoms with Crippen LogP contribution in [0.2, 0.25) is 0 Å². The molecule has 7 heteroatoms. The maximum Gasteiger partial charge on any atom is 0.416 e. The monoisotopic (exact) mass is 366 g/mol. The summed E-state index contributed by atoms with van der Waals surface area (Å²) >= 11 is 0. The number of ketones is 1. The number of Topliss-reactive ketones (excluding diaryl/α,β-unsaturated/α-hetero) is 1. The largest absolute Gasteiger partial charge is 0.425 e. The van der Waals surface area contributed by atoms with Crippen molar-refractivity contribution in [1.29, 1.82) is 0 Å². The maximum atomic E-state index is 13.9. The molecule has 0 bridgehead atoms. The number of hydrogen-bond acceptors (Lipinski definition) is 3. The number of esters is 1. The summed E-state index contributed by atoms with van der Waals surface area (Å²) in [6.07, 6.45) is -4.58. The first-order valence-corrected chi connectivity index (χ1v) is 7.89. The van der Waals surface area contributed by atoms with E-state index in [4.69, 9.17) is 4.74 Å². The van der Waals surface area contributed by atoms with Crippen LogP contribution in [0.4, 0.5) is 17.6 Å². The van der Waals surface area contributed by atoms with E-state index in [0.29, 0.717) is 5.56 Å². The number of benzene rings is 2. The molecule has 0 aromatic heterocycles. The Kier molecular flexibility index (Phi) is 4.56. The molecule has 0 saturated heterocycles. The molecule has 0 fully saturated rings. The van der Waals surface area contributed by atoms with Crippen LogP contribution in [0.15, 0.2) is 36.4 Å². The van der Waals surface area contributed by atoms with Gasteiger partial charge in [0.05, 0.1) is 17.5 Å². The quantitative estimate of drug-likeness (QED) is 0.450.